The molecule has 0 aliphatic carbocycles. The van der Waals surface area contributed by atoms with Gasteiger partial charge in [0.25, 0.3) is 0 Å². The van der Waals surface area contributed by atoms with Crippen LogP contribution in [0.25, 0.3) is 0 Å². The number of rotatable bonds is 8. The SMILES string of the molecule is CCCCS(Cl)(CCCC)Cc1ccc(Br)cc1. The molecule has 0 atom stereocenters. The molecule has 0 amide bonds. The fraction of sp³-hybridized carbons (Fsp3) is 0.600. The molecule has 0 N–H and O–H groups in total. The Morgan fingerprint density at radius 2 is 1.50 bits per heavy atom. The number of halogens is 2. The summed E-state index contributed by atoms with van der Waals surface area (Å²) < 4.78 is 1.14. The molecule has 3 heteroatoms. The predicted molar refractivity (Wildman–Crippen MR) is 90.8 cm³/mol. The first-order valence-electron chi connectivity index (χ1n) is 6.80. The lowest BCUT2D eigenvalue weighted by Gasteiger charge is -2.33. The summed E-state index contributed by atoms with van der Waals surface area (Å²) in [5.41, 5.74) is 1.38. The van der Waals surface area contributed by atoms with E-state index in [0.717, 1.165) is 10.2 Å². The van der Waals surface area contributed by atoms with Gasteiger partial charge < -0.3 is 0 Å². The molecule has 0 unspecified atom stereocenters. The monoisotopic (exact) mass is 350 g/mol. The normalized spacial score (nSPS) is 12.7. The highest BCUT2D eigenvalue weighted by atomic mass is 79.9. The Morgan fingerprint density at radius 3 is 1.94 bits per heavy atom. The summed E-state index contributed by atoms with van der Waals surface area (Å²) in [6.07, 6.45) is 5.01. The van der Waals surface area contributed by atoms with Crippen LogP contribution in [-0.4, -0.2) is 11.5 Å². The molecule has 0 saturated heterocycles. The fourth-order valence-electron chi connectivity index (χ4n) is 1.93. The highest BCUT2D eigenvalue weighted by Crippen LogP contribution is 2.57. The van der Waals surface area contributed by atoms with E-state index < -0.39 is 9.24 Å². The third-order valence-corrected chi connectivity index (χ3v) is 7.74. The van der Waals surface area contributed by atoms with Gasteiger partial charge in [0.05, 0.1) is 0 Å². The van der Waals surface area contributed by atoms with Crippen LogP contribution in [0.3, 0.4) is 0 Å². The van der Waals surface area contributed by atoms with Gasteiger partial charge in [-0.05, 0) is 42.0 Å². The third-order valence-electron chi connectivity index (χ3n) is 3.07. The second-order valence-corrected chi connectivity index (χ2v) is 10.7. The maximum Gasteiger partial charge on any atom is 0.0175 e. The minimum Gasteiger partial charge on any atom is -0.159 e. The predicted octanol–water partition coefficient (Wildman–Crippen LogP) is 6.51. The van der Waals surface area contributed by atoms with Gasteiger partial charge in [-0.2, -0.15) is 9.24 Å². The molecule has 18 heavy (non-hydrogen) atoms. The minimum absolute atomic E-state index is 0.972. The second-order valence-electron chi connectivity index (χ2n) is 4.83. The average molecular weight is 352 g/mol. The molecule has 1 aromatic rings. The Morgan fingerprint density at radius 1 is 1.00 bits per heavy atom. The van der Waals surface area contributed by atoms with Crippen molar-refractivity contribution >= 4 is 35.9 Å². The number of hydrogen-bond donors (Lipinski definition) is 0. The molecule has 0 bridgehead atoms. The summed E-state index contributed by atoms with van der Waals surface area (Å²) in [7, 11) is 5.97. The van der Waals surface area contributed by atoms with Crippen LogP contribution in [0.4, 0.5) is 0 Å². The standard InChI is InChI=1S/C15H24BrClS/c1-3-5-11-18(17,12-6-4-2)13-14-7-9-15(16)10-8-14/h7-10H,3-6,11-13H2,1-2H3. The molecule has 0 radical (unpaired) electrons. The zero-order valence-corrected chi connectivity index (χ0v) is 14.6. The van der Waals surface area contributed by atoms with Crippen LogP contribution in [0, 0.1) is 0 Å². The van der Waals surface area contributed by atoms with Gasteiger partial charge in [0.15, 0.2) is 0 Å². The van der Waals surface area contributed by atoms with Gasteiger partial charge in [0.2, 0.25) is 0 Å². The first kappa shape index (κ1) is 16.4. The maximum absolute atomic E-state index is 6.94. The van der Waals surface area contributed by atoms with E-state index in [2.05, 4.69) is 54.0 Å². The molecule has 1 rings (SSSR count). The largest absolute Gasteiger partial charge is 0.159 e. The van der Waals surface area contributed by atoms with Crippen LogP contribution in [0.5, 0.6) is 0 Å². The molecule has 0 nitrogen and oxygen atoms in total. The Bertz CT molecular complexity index is 329. The Kier molecular flexibility index (Phi) is 7.74. The second kappa shape index (κ2) is 8.50. The summed E-state index contributed by atoms with van der Waals surface area (Å²) in [4.78, 5) is 0. The van der Waals surface area contributed by atoms with Crippen LogP contribution in [-0.2, 0) is 5.75 Å². The molecular weight excluding hydrogens is 328 g/mol. The highest BCUT2D eigenvalue weighted by molar-refractivity contribution is 9.10. The van der Waals surface area contributed by atoms with Crippen molar-refractivity contribution in [3.8, 4) is 0 Å². The Balaban J connectivity index is 2.67. The third kappa shape index (κ3) is 5.99. The van der Waals surface area contributed by atoms with Crippen molar-refractivity contribution in [2.24, 2.45) is 0 Å². The van der Waals surface area contributed by atoms with E-state index in [9.17, 15) is 0 Å². The molecule has 0 aliphatic heterocycles. The van der Waals surface area contributed by atoms with Gasteiger partial charge in [-0.15, -0.1) is 0 Å². The zero-order chi connectivity index (χ0) is 13.4. The van der Waals surface area contributed by atoms with Crippen LogP contribution in [0.1, 0.15) is 45.1 Å². The van der Waals surface area contributed by atoms with Crippen molar-refractivity contribution in [2.45, 2.75) is 45.3 Å². The first-order chi connectivity index (χ1) is 8.59. The lowest BCUT2D eigenvalue weighted by molar-refractivity contribution is 0.870. The topological polar surface area (TPSA) is 0 Å². The van der Waals surface area contributed by atoms with E-state index in [1.807, 2.05) is 0 Å². The summed E-state index contributed by atoms with van der Waals surface area (Å²) in [6.45, 7) is 4.49. The summed E-state index contributed by atoms with van der Waals surface area (Å²) >= 11 is 3.48. The van der Waals surface area contributed by atoms with Crippen molar-refractivity contribution in [1.29, 1.82) is 0 Å². The van der Waals surface area contributed by atoms with Crippen molar-refractivity contribution in [3.63, 3.8) is 0 Å². The van der Waals surface area contributed by atoms with Crippen LogP contribution in [0.2, 0.25) is 0 Å². The van der Waals surface area contributed by atoms with E-state index in [1.54, 1.807) is 0 Å². The summed E-state index contributed by atoms with van der Waals surface area (Å²) in [5.74, 6) is 3.49. The molecule has 0 saturated carbocycles. The molecule has 0 aromatic heterocycles. The molecule has 1 aromatic carbocycles. The van der Waals surface area contributed by atoms with Crippen molar-refractivity contribution in [3.05, 3.63) is 34.3 Å². The van der Waals surface area contributed by atoms with Gasteiger partial charge in [-0.3, -0.25) is 0 Å². The molecule has 104 valence electrons. The molecule has 0 spiro atoms. The zero-order valence-electron chi connectivity index (χ0n) is 11.4. The fourth-order valence-corrected chi connectivity index (χ4v) is 6.12. The van der Waals surface area contributed by atoms with E-state index in [4.69, 9.17) is 10.7 Å². The molecule has 0 heterocycles. The van der Waals surface area contributed by atoms with E-state index >= 15 is 0 Å². The number of unbranched alkanes of at least 4 members (excludes halogenated alkanes) is 2. The van der Waals surface area contributed by atoms with Crippen LogP contribution >= 0.6 is 35.9 Å². The molecule has 0 fully saturated rings. The van der Waals surface area contributed by atoms with Crippen LogP contribution in [0.15, 0.2) is 28.7 Å². The van der Waals surface area contributed by atoms with Gasteiger partial charge in [-0.1, -0.05) is 65.4 Å². The van der Waals surface area contributed by atoms with Crippen molar-refractivity contribution in [1.82, 2.24) is 0 Å². The Hall–Kier alpha value is 0.340. The lowest BCUT2D eigenvalue weighted by atomic mass is 10.2. The van der Waals surface area contributed by atoms with E-state index in [0.29, 0.717) is 0 Å². The number of benzene rings is 1. The summed E-state index contributed by atoms with van der Waals surface area (Å²) in [5, 5.41) is 0. The number of hydrogen-bond acceptors (Lipinski definition) is 0. The van der Waals surface area contributed by atoms with Gasteiger partial charge in [-0.25, -0.2) is 0 Å². The minimum atomic E-state index is -0.972. The van der Waals surface area contributed by atoms with Gasteiger partial charge in [0, 0.05) is 10.2 Å². The van der Waals surface area contributed by atoms with E-state index in [1.165, 1.54) is 42.8 Å². The van der Waals surface area contributed by atoms with Crippen molar-refractivity contribution in [2.75, 3.05) is 11.5 Å². The Labute approximate surface area is 126 Å². The summed E-state index contributed by atoms with van der Waals surface area (Å²) in [6, 6.07) is 8.63. The smallest absolute Gasteiger partial charge is 0.0175 e. The molecule has 0 aliphatic rings. The van der Waals surface area contributed by atoms with Gasteiger partial charge >= 0.3 is 0 Å². The molecular formula is C15H24BrClS. The van der Waals surface area contributed by atoms with E-state index in [-0.39, 0.29) is 0 Å². The highest BCUT2D eigenvalue weighted by Gasteiger charge is 2.20. The van der Waals surface area contributed by atoms with Crippen LogP contribution < -0.4 is 0 Å². The maximum atomic E-state index is 6.94. The van der Waals surface area contributed by atoms with Crippen molar-refractivity contribution < 1.29 is 0 Å². The average Bonchev–Trinajstić information content (AvgIpc) is 2.37. The van der Waals surface area contributed by atoms with Gasteiger partial charge in [0.1, 0.15) is 0 Å². The lowest BCUT2D eigenvalue weighted by Crippen LogP contribution is -2.06. The quantitative estimate of drug-likeness (QED) is 0.501. The first-order valence-corrected chi connectivity index (χ1v) is 10.6.